The van der Waals surface area contributed by atoms with Gasteiger partial charge in [0.1, 0.15) is 22.8 Å². The van der Waals surface area contributed by atoms with Crippen molar-refractivity contribution >= 4 is 17.5 Å². The molecule has 0 aliphatic heterocycles. The molecule has 2 aromatic rings. The summed E-state index contributed by atoms with van der Waals surface area (Å²) in [6.07, 6.45) is 6.23. The molecule has 0 spiro atoms. The predicted molar refractivity (Wildman–Crippen MR) is 99.9 cm³/mol. The Morgan fingerprint density at radius 3 is 2.48 bits per heavy atom. The zero-order valence-corrected chi connectivity index (χ0v) is 15.9. The zero-order chi connectivity index (χ0) is 18.7. The summed E-state index contributed by atoms with van der Waals surface area (Å²) < 4.78 is 19.6. The van der Waals surface area contributed by atoms with Crippen LogP contribution in [0.5, 0.6) is 0 Å². The number of nitrogens with one attached hydrogen (secondary N) is 1. The van der Waals surface area contributed by atoms with Crippen LogP contribution in [0, 0.1) is 36.4 Å². The standard InChI is InChI=1S/C21H22ClFN2O2/c1-10-17(20(25-27-10)18-15(22)3-2-4-16(18)23)21(26)24-19-13-6-11-5-12(8-13)9-14(19)7-11/h2-4,11-14,19H,5-9H2,1H3,(H,24,26). The van der Waals surface area contributed by atoms with Crippen LogP contribution < -0.4 is 5.32 Å². The van der Waals surface area contributed by atoms with Crippen LogP contribution in [0.15, 0.2) is 22.7 Å². The molecule has 0 radical (unpaired) electrons. The molecule has 0 unspecified atom stereocenters. The molecular weight excluding hydrogens is 367 g/mol. The second-order valence-electron chi connectivity index (χ2n) is 8.49. The van der Waals surface area contributed by atoms with Gasteiger partial charge in [-0.15, -0.1) is 0 Å². The number of carbonyl (C=O) groups is 1. The molecule has 0 atom stereocenters. The molecule has 4 bridgehead atoms. The third kappa shape index (κ3) is 2.78. The number of amides is 1. The molecule has 4 aliphatic rings. The number of aromatic nitrogens is 1. The van der Waals surface area contributed by atoms with Crippen molar-refractivity contribution in [3.05, 3.63) is 40.4 Å². The fourth-order valence-electron chi connectivity index (χ4n) is 5.92. The maximum Gasteiger partial charge on any atom is 0.257 e. The molecule has 4 fully saturated rings. The van der Waals surface area contributed by atoms with Crippen molar-refractivity contribution in [2.24, 2.45) is 23.7 Å². The molecule has 6 rings (SSSR count). The first-order chi connectivity index (χ1) is 13.0. The van der Waals surface area contributed by atoms with E-state index in [0.717, 1.165) is 11.8 Å². The first kappa shape index (κ1) is 17.2. The number of halogens is 2. The van der Waals surface area contributed by atoms with Gasteiger partial charge in [0.15, 0.2) is 0 Å². The van der Waals surface area contributed by atoms with Crippen molar-refractivity contribution in [3.63, 3.8) is 0 Å². The van der Waals surface area contributed by atoms with Crippen molar-refractivity contribution < 1.29 is 13.7 Å². The van der Waals surface area contributed by atoms with Gasteiger partial charge in [-0.1, -0.05) is 22.8 Å². The molecule has 1 aromatic carbocycles. The number of aryl methyl sites for hydroxylation is 1. The topological polar surface area (TPSA) is 55.1 Å². The fourth-order valence-corrected chi connectivity index (χ4v) is 6.17. The summed E-state index contributed by atoms with van der Waals surface area (Å²) in [6.45, 7) is 1.68. The minimum absolute atomic E-state index is 0.117. The van der Waals surface area contributed by atoms with Crippen molar-refractivity contribution in [3.8, 4) is 11.3 Å². The molecule has 4 nitrogen and oxygen atoms in total. The van der Waals surface area contributed by atoms with Gasteiger partial charge in [-0.25, -0.2) is 4.39 Å². The van der Waals surface area contributed by atoms with Gasteiger partial charge >= 0.3 is 0 Å². The molecule has 6 heteroatoms. The number of hydrogen-bond acceptors (Lipinski definition) is 3. The highest BCUT2D eigenvalue weighted by Crippen LogP contribution is 2.53. The summed E-state index contributed by atoms with van der Waals surface area (Å²) in [5.74, 6) is 2.43. The van der Waals surface area contributed by atoms with E-state index in [2.05, 4.69) is 10.5 Å². The van der Waals surface area contributed by atoms with Crippen LogP contribution in [0.3, 0.4) is 0 Å². The molecule has 142 valence electrons. The number of carbonyl (C=O) groups excluding carboxylic acids is 1. The number of hydrogen-bond donors (Lipinski definition) is 1. The highest BCUT2D eigenvalue weighted by molar-refractivity contribution is 6.33. The Hall–Kier alpha value is -1.88. The van der Waals surface area contributed by atoms with Crippen LogP contribution in [0.4, 0.5) is 4.39 Å². The number of nitrogens with zero attached hydrogens (tertiary/aromatic N) is 1. The van der Waals surface area contributed by atoms with Crippen LogP contribution >= 0.6 is 11.6 Å². The number of rotatable bonds is 3. The minimum Gasteiger partial charge on any atom is -0.360 e. The van der Waals surface area contributed by atoms with Gasteiger partial charge in [-0.05, 0) is 74.8 Å². The molecule has 27 heavy (non-hydrogen) atoms. The lowest BCUT2D eigenvalue weighted by molar-refractivity contribution is -0.0119. The summed E-state index contributed by atoms with van der Waals surface area (Å²) >= 11 is 6.19. The normalized spacial score (nSPS) is 31.3. The maximum absolute atomic E-state index is 14.4. The fraction of sp³-hybridized carbons (Fsp3) is 0.524. The third-order valence-electron chi connectivity index (χ3n) is 6.81. The van der Waals surface area contributed by atoms with E-state index in [0.29, 0.717) is 17.6 Å². The van der Waals surface area contributed by atoms with Crippen molar-refractivity contribution in [1.29, 1.82) is 0 Å². The van der Waals surface area contributed by atoms with Gasteiger partial charge in [0.05, 0.1) is 10.6 Å². The predicted octanol–water partition coefficient (Wildman–Crippen LogP) is 5.00. The smallest absolute Gasteiger partial charge is 0.257 e. The van der Waals surface area contributed by atoms with Gasteiger partial charge in [0.2, 0.25) is 0 Å². The van der Waals surface area contributed by atoms with Crippen LogP contribution in [0.25, 0.3) is 11.3 Å². The first-order valence-electron chi connectivity index (χ1n) is 9.72. The molecule has 1 amide bonds. The van der Waals surface area contributed by atoms with E-state index < -0.39 is 5.82 Å². The summed E-state index contributed by atoms with van der Waals surface area (Å²) in [6, 6.07) is 4.62. The van der Waals surface area contributed by atoms with E-state index in [-0.39, 0.29) is 33.8 Å². The second kappa shape index (κ2) is 6.33. The molecular formula is C21H22ClFN2O2. The van der Waals surface area contributed by atoms with Crippen molar-refractivity contribution in [1.82, 2.24) is 10.5 Å². The lowest BCUT2D eigenvalue weighted by atomic mass is 9.54. The third-order valence-corrected chi connectivity index (χ3v) is 7.13. The van der Waals surface area contributed by atoms with Gasteiger partial charge in [-0.3, -0.25) is 4.79 Å². The molecule has 0 saturated heterocycles. The van der Waals surface area contributed by atoms with Gasteiger partial charge in [0, 0.05) is 6.04 Å². The second-order valence-corrected chi connectivity index (χ2v) is 8.90. The monoisotopic (exact) mass is 388 g/mol. The quantitative estimate of drug-likeness (QED) is 0.805. The molecule has 1 heterocycles. The minimum atomic E-state index is -0.514. The molecule has 1 N–H and O–H groups in total. The van der Waals surface area contributed by atoms with Gasteiger partial charge in [-0.2, -0.15) is 0 Å². The Kier molecular flexibility index (Phi) is 4.04. The Morgan fingerprint density at radius 2 is 1.85 bits per heavy atom. The molecule has 1 aromatic heterocycles. The Bertz CT molecular complexity index is 861. The van der Waals surface area contributed by atoms with Crippen LogP contribution in [-0.2, 0) is 0 Å². The van der Waals surface area contributed by atoms with Crippen LogP contribution in [-0.4, -0.2) is 17.1 Å². The highest BCUT2D eigenvalue weighted by Gasteiger charge is 2.48. The first-order valence-corrected chi connectivity index (χ1v) is 10.1. The highest BCUT2D eigenvalue weighted by atomic mass is 35.5. The summed E-state index contributed by atoms with van der Waals surface area (Å²) in [4.78, 5) is 13.2. The van der Waals surface area contributed by atoms with Crippen LogP contribution in [0.1, 0.15) is 48.2 Å². The Labute approximate surface area is 162 Å². The summed E-state index contributed by atoms with van der Waals surface area (Å²) in [5.41, 5.74) is 0.582. The average Bonchev–Trinajstić information content (AvgIpc) is 2.98. The summed E-state index contributed by atoms with van der Waals surface area (Å²) in [5, 5.41) is 7.42. The van der Waals surface area contributed by atoms with E-state index in [1.165, 1.54) is 44.2 Å². The largest absolute Gasteiger partial charge is 0.360 e. The average molecular weight is 389 g/mol. The Morgan fingerprint density at radius 1 is 1.19 bits per heavy atom. The van der Waals surface area contributed by atoms with E-state index in [4.69, 9.17) is 16.1 Å². The van der Waals surface area contributed by atoms with Crippen LogP contribution in [0.2, 0.25) is 5.02 Å². The zero-order valence-electron chi connectivity index (χ0n) is 15.2. The van der Waals surface area contributed by atoms with E-state index in [1.54, 1.807) is 13.0 Å². The SMILES string of the molecule is Cc1onc(-c2c(F)cccc2Cl)c1C(=O)NC1C2CC3CC(C2)CC1C3. The van der Waals surface area contributed by atoms with E-state index in [9.17, 15) is 9.18 Å². The van der Waals surface area contributed by atoms with Crippen molar-refractivity contribution in [2.75, 3.05) is 0 Å². The summed E-state index contributed by atoms with van der Waals surface area (Å²) in [7, 11) is 0. The molecule has 4 saturated carbocycles. The lowest BCUT2D eigenvalue weighted by Crippen LogP contribution is -2.55. The van der Waals surface area contributed by atoms with Gasteiger partial charge in [0.25, 0.3) is 5.91 Å². The van der Waals surface area contributed by atoms with E-state index in [1.807, 2.05) is 0 Å². The number of benzene rings is 1. The maximum atomic E-state index is 14.4. The van der Waals surface area contributed by atoms with Crippen molar-refractivity contribution in [2.45, 2.75) is 45.1 Å². The van der Waals surface area contributed by atoms with E-state index >= 15 is 0 Å². The Balaban J connectivity index is 1.46. The van der Waals surface area contributed by atoms with Gasteiger partial charge < -0.3 is 9.84 Å². The lowest BCUT2D eigenvalue weighted by Gasteiger charge is -2.54. The molecule has 4 aliphatic carbocycles.